The summed E-state index contributed by atoms with van der Waals surface area (Å²) in [5, 5.41) is 0. The van der Waals surface area contributed by atoms with Crippen LogP contribution in [0.5, 0.6) is 0 Å². The van der Waals surface area contributed by atoms with Crippen LogP contribution in [0.2, 0.25) is 0 Å². The molecule has 1 unspecified atom stereocenters. The normalized spacial score (nSPS) is 23.5. The van der Waals surface area contributed by atoms with Gasteiger partial charge in [0.05, 0.1) is 6.61 Å². The summed E-state index contributed by atoms with van der Waals surface area (Å²) in [6.07, 6.45) is 2.43. The molecule has 1 saturated heterocycles. The van der Waals surface area contributed by atoms with Crippen LogP contribution in [0.4, 0.5) is 0 Å². The molecule has 0 spiro atoms. The molecule has 1 aromatic carbocycles. The summed E-state index contributed by atoms with van der Waals surface area (Å²) in [6, 6.07) is 9.69. The Bertz CT molecular complexity index is 695. The van der Waals surface area contributed by atoms with E-state index in [1.54, 1.807) is 11.8 Å². The van der Waals surface area contributed by atoms with E-state index in [0.717, 1.165) is 5.56 Å². The monoisotopic (exact) mass is 327 g/mol. The Hall–Kier alpha value is -2.43. The van der Waals surface area contributed by atoms with Gasteiger partial charge >= 0.3 is 5.97 Å². The number of amides is 1. The Kier molecular flexibility index (Phi) is 4.51. The second-order valence-electron chi connectivity index (χ2n) is 6.22. The number of esters is 1. The number of fused-ring (bicyclic) bond motifs is 1. The average molecular weight is 327 g/mol. The maximum Gasteiger partial charge on any atom is 0.325 e. The molecule has 1 aliphatic heterocycles. The molecule has 2 aliphatic rings. The number of rotatable bonds is 4. The van der Waals surface area contributed by atoms with Crippen molar-refractivity contribution in [2.75, 3.05) is 13.2 Å². The fourth-order valence-corrected chi connectivity index (χ4v) is 3.55. The van der Waals surface area contributed by atoms with Crippen molar-refractivity contribution in [2.24, 2.45) is 5.41 Å². The van der Waals surface area contributed by atoms with Crippen molar-refractivity contribution in [3.05, 3.63) is 47.5 Å². The van der Waals surface area contributed by atoms with Crippen molar-refractivity contribution >= 4 is 17.7 Å². The summed E-state index contributed by atoms with van der Waals surface area (Å²) in [5.74, 6) is -0.782. The van der Waals surface area contributed by atoms with Gasteiger partial charge in [-0.05, 0) is 37.0 Å². The van der Waals surface area contributed by atoms with E-state index in [9.17, 15) is 14.4 Å². The second-order valence-corrected chi connectivity index (χ2v) is 6.22. The quantitative estimate of drug-likeness (QED) is 0.628. The molecule has 1 aliphatic carbocycles. The predicted octanol–water partition coefficient (Wildman–Crippen LogP) is 2.26. The number of hydrogen-bond donors (Lipinski definition) is 0. The molecule has 1 atom stereocenters. The zero-order chi connectivity index (χ0) is 17.2. The average Bonchev–Trinajstić information content (AvgIpc) is 2.59. The number of likely N-dealkylation sites (tertiary alicyclic amines) is 1. The summed E-state index contributed by atoms with van der Waals surface area (Å²) in [4.78, 5) is 39.3. The van der Waals surface area contributed by atoms with Gasteiger partial charge in [-0.1, -0.05) is 30.3 Å². The van der Waals surface area contributed by atoms with Gasteiger partial charge in [0.1, 0.15) is 0 Å². The lowest BCUT2D eigenvalue weighted by molar-refractivity contribution is -0.165. The van der Waals surface area contributed by atoms with E-state index < -0.39 is 11.4 Å². The predicted molar refractivity (Wildman–Crippen MR) is 87.9 cm³/mol. The van der Waals surface area contributed by atoms with Crippen LogP contribution in [0.1, 0.15) is 31.7 Å². The van der Waals surface area contributed by atoms with Crippen molar-refractivity contribution < 1.29 is 19.1 Å². The Morgan fingerprint density at radius 1 is 1.21 bits per heavy atom. The van der Waals surface area contributed by atoms with Gasteiger partial charge in [-0.3, -0.25) is 14.4 Å². The fourth-order valence-electron chi connectivity index (χ4n) is 3.55. The highest BCUT2D eigenvalue weighted by Crippen LogP contribution is 2.44. The van der Waals surface area contributed by atoms with E-state index >= 15 is 0 Å². The molecule has 0 saturated carbocycles. The van der Waals surface area contributed by atoms with E-state index in [1.165, 1.54) is 6.08 Å². The molecule has 1 heterocycles. The molecule has 0 radical (unpaired) electrons. The van der Waals surface area contributed by atoms with E-state index in [1.807, 2.05) is 30.3 Å². The maximum atomic E-state index is 13.2. The lowest BCUT2D eigenvalue weighted by Crippen LogP contribution is -2.55. The van der Waals surface area contributed by atoms with Crippen molar-refractivity contribution in [3.8, 4) is 0 Å². The minimum absolute atomic E-state index is 0.0192. The molecule has 5 heteroatoms. The minimum Gasteiger partial charge on any atom is -0.465 e. The third kappa shape index (κ3) is 2.75. The largest absolute Gasteiger partial charge is 0.465 e. The molecule has 1 fully saturated rings. The van der Waals surface area contributed by atoms with Crippen molar-refractivity contribution in [3.63, 3.8) is 0 Å². The molecule has 5 nitrogen and oxygen atoms in total. The number of benzene rings is 1. The highest BCUT2D eigenvalue weighted by molar-refractivity contribution is 6.10. The van der Waals surface area contributed by atoms with Crippen molar-refractivity contribution in [1.82, 2.24) is 4.90 Å². The number of allylic oxidation sites excluding steroid dienone is 1. The van der Waals surface area contributed by atoms with Gasteiger partial charge in [0.15, 0.2) is 11.2 Å². The Labute approximate surface area is 141 Å². The number of nitrogens with zero attached hydrogens (tertiary/aromatic N) is 1. The molecule has 0 N–H and O–H groups in total. The molecule has 1 aromatic rings. The van der Waals surface area contributed by atoms with Gasteiger partial charge in [-0.2, -0.15) is 0 Å². The third-order valence-corrected chi connectivity index (χ3v) is 4.77. The molecule has 0 bridgehead atoms. The number of hydrogen-bond acceptors (Lipinski definition) is 4. The molecule has 0 aromatic heterocycles. The van der Waals surface area contributed by atoms with Crippen molar-refractivity contribution in [1.29, 1.82) is 0 Å². The van der Waals surface area contributed by atoms with Crippen LogP contribution >= 0.6 is 0 Å². The lowest BCUT2D eigenvalue weighted by Gasteiger charge is -2.43. The SMILES string of the molecule is CCOC(=O)C12CCC(=O)C=C1CCN(Cc1ccccc1)C2=O. The Morgan fingerprint density at radius 2 is 1.96 bits per heavy atom. The first-order valence-electron chi connectivity index (χ1n) is 8.32. The third-order valence-electron chi connectivity index (χ3n) is 4.77. The molecule has 126 valence electrons. The Balaban J connectivity index is 1.93. The van der Waals surface area contributed by atoms with Crippen LogP contribution in [0.15, 0.2) is 42.0 Å². The smallest absolute Gasteiger partial charge is 0.325 e. The zero-order valence-corrected chi connectivity index (χ0v) is 13.8. The van der Waals surface area contributed by atoms with Gasteiger partial charge in [-0.25, -0.2) is 0 Å². The van der Waals surface area contributed by atoms with E-state index in [2.05, 4.69) is 0 Å². The molecule has 3 rings (SSSR count). The van der Waals surface area contributed by atoms with Crippen LogP contribution in [-0.2, 0) is 25.7 Å². The summed E-state index contributed by atoms with van der Waals surface area (Å²) in [6.45, 7) is 2.91. The first-order chi connectivity index (χ1) is 11.6. The van der Waals surface area contributed by atoms with Gasteiger partial charge in [0, 0.05) is 19.5 Å². The molecule has 1 amide bonds. The van der Waals surface area contributed by atoms with E-state index in [0.29, 0.717) is 25.1 Å². The van der Waals surface area contributed by atoms with Gasteiger partial charge in [0.25, 0.3) is 0 Å². The van der Waals surface area contributed by atoms with Gasteiger partial charge in [0.2, 0.25) is 5.91 Å². The first-order valence-corrected chi connectivity index (χ1v) is 8.32. The maximum absolute atomic E-state index is 13.2. The first kappa shape index (κ1) is 16.4. The van der Waals surface area contributed by atoms with Crippen LogP contribution in [0, 0.1) is 5.41 Å². The Morgan fingerprint density at radius 3 is 2.67 bits per heavy atom. The number of piperidine rings is 1. The summed E-state index contributed by atoms with van der Waals surface area (Å²) < 4.78 is 5.21. The highest BCUT2D eigenvalue weighted by Gasteiger charge is 2.55. The molecule has 24 heavy (non-hydrogen) atoms. The number of carbonyl (C=O) groups excluding carboxylic acids is 3. The molecular weight excluding hydrogens is 306 g/mol. The van der Waals surface area contributed by atoms with Crippen LogP contribution in [-0.4, -0.2) is 35.7 Å². The van der Waals surface area contributed by atoms with Crippen LogP contribution in [0.25, 0.3) is 0 Å². The number of ketones is 1. The highest BCUT2D eigenvalue weighted by atomic mass is 16.5. The van der Waals surface area contributed by atoms with E-state index in [-0.39, 0.29) is 31.1 Å². The summed E-state index contributed by atoms with van der Waals surface area (Å²) in [5.41, 5.74) is 0.326. The number of carbonyl (C=O) groups is 3. The van der Waals surface area contributed by atoms with E-state index in [4.69, 9.17) is 4.74 Å². The van der Waals surface area contributed by atoms with Gasteiger partial charge < -0.3 is 9.64 Å². The zero-order valence-electron chi connectivity index (χ0n) is 13.8. The minimum atomic E-state index is -1.31. The van der Waals surface area contributed by atoms with Gasteiger partial charge in [-0.15, -0.1) is 0 Å². The number of ether oxygens (including phenoxy) is 1. The van der Waals surface area contributed by atoms with Crippen LogP contribution in [0.3, 0.4) is 0 Å². The van der Waals surface area contributed by atoms with Crippen molar-refractivity contribution in [2.45, 2.75) is 32.7 Å². The van der Waals surface area contributed by atoms with Crippen LogP contribution < -0.4 is 0 Å². The molecular formula is C19H21NO4. The summed E-state index contributed by atoms with van der Waals surface area (Å²) >= 11 is 0. The topological polar surface area (TPSA) is 63.7 Å². The lowest BCUT2D eigenvalue weighted by atomic mass is 9.68. The summed E-state index contributed by atoms with van der Waals surface area (Å²) in [7, 11) is 0. The second kappa shape index (κ2) is 6.59. The fraction of sp³-hybridized carbons (Fsp3) is 0.421. The standard InChI is InChI=1S/C19H21NO4/c1-2-24-18(23)19-10-8-16(21)12-15(19)9-11-20(17(19)22)13-14-6-4-3-5-7-14/h3-7,12H,2,8-11,13H2,1H3.